The van der Waals surface area contributed by atoms with E-state index in [2.05, 4.69) is 15.0 Å². The molecule has 0 saturated heterocycles. The Morgan fingerprint density at radius 1 is 1.13 bits per heavy atom. The van der Waals surface area contributed by atoms with E-state index in [9.17, 15) is 0 Å². The molecule has 5 nitrogen and oxygen atoms in total. The van der Waals surface area contributed by atoms with Crippen LogP contribution in [-0.4, -0.2) is 15.0 Å². The maximum Gasteiger partial charge on any atom is 0.221 e. The standard InChI is InChI=1S/C10H11N5/c11-9-8(6-14-10(12)15-9)5-7-1-3-13-4-2-7/h1-4,6H,5H2,(H4,11,12,14,15). The first-order valence-electron chi connectivity index (χ1n) is 4.51. The average molecular weight is 201 g/mol. The van der Waals surface area contributed by atoms with Gasteiger partial charge in [0.15, 0.2) is 0 Å². The van der Waals surface area contributed by atoms with E-state index in [-0.39, 0.29) is 5.95 Å². The summed E-state index contributed by atoms with van der Waals surface area (Å²) in [4.78, 5) is 11.7. The Balaban J connectivity index is 2.25. The first kappa shape index (κ1) is 9.39. The topological polar surface area (TPSA) is 90.7 Å². The predicted octanol–water partition coefficient (Wildman–Crippen LogP) is 0.627. The second-order valence-corrected chi connectivity index (χ2v) is 3.17. The highest BCUT2D eigenvalue weighted by atomic mass is 15.0. The molecule has 76 valence electrons. The number of hydrogen-bond donors (Lipinski definition) is 2. The normalized spacial score (nSPS) is 10.1. The number of nitrogen functional groups attached to an aromatic ring is 2. The molecule has 0 spiro atoms. The Kier molecular flexibility index (Phi) is 2.45. The molecule has 0 amide bonds. The van der Waals surface area contributed by atoms with Crippen LogP contribution in [0.4, 0.5) is 11.8 Å². The first-order valence-corrected chi connectivity index (χ1v) is 4.51. The molecule has 0 aliphatic rings. The molecule has 2 aromatic heterocycles. The Labute approximate surface area is 87.2 Å². The summed E-state index contributed by atoms with van der Waals surface area (Å²) in [5.74, 6) is 0.630. The fraction of sp³-hybridized carbons (Fsp3) is 0.100. The quantitative estimate of drug-likeness (QED) is 0.743. The van der Waals surface area contributed by atoms with Crippen molar-refractivity contribution >= 4 is 11.8 Å². The smallest absolute Gasteiger partial charge is 0.221 e. The number of aromatic nitrogens is 3. The number of nitrogens with zero attached hydrogens (tertiary/aromatic N) is 3. The highest BCUT2D eigenvalue weighted by Crippen LogP contribution is 2.13. The van der Waals surface area contributed by atoms with E-state index in [1.807, 2.05) is 12.1 Å². The summed E-state index contributed by atoms with van der Waals surface area (Å²) in [5, 5.41) is 0. The van der Waals surface area contributed by atoms with Crippen molar-refractivity contribution in [3.05, 3.63) is 41.9 Å². The largest absolute Gasteiger partial charge is 0.383 e. The molecule has 0 saturated carbocycles. The maximum atomic E-state index is 5.72. The van der Waals surface area contributed by atoms with E-state index in [1.54, 1.807) is 18.6 Å². The zero-order valence-electron chi connectivity index (χ0n) is 8.09. The third-order valence-corrected chi connectivity index (χ3v) is 2.06. The summed E-state index contributed by atoms with van der Waals surface area (Å²) in [6, 6.07) is 3.85. The van der Waals surface area contributed by atoms with Gasteiger partial charge < -0.3 is 11.5 Å². The van der Waals surface area contributed by atoms with Crippen molar-refractivity contribution < 1.29 is 0 Å². The fourth-order valence-electron chi connectivity index (χ4n) is 1.29. The van der Waals surface area contributed by atoms with Gasteiger partial charge in [0.05, 0.1) is 0 Å². The predicted molar refractivity (Wildman–Crippen MR) is 57.9 cm³/mol. The molecule has 0 atom stereocenters. The third-order valence-electron chi connectivity index (χ3n) is 2.06. The van der Waals surface area contributed by atoms with Gasteiger partial charge in [-0.2, -0.15) is 4.98 Å². The fourth-order valence-corrected chi connectivity index (χ4v) is 1.29. The molecule has 0 aliphatic heterocycles. The summed E-state index contributed by atoms with van der Waals surface area (Å²) in [7, 11) is 0. The second-order valence-electron chi connectivity index (χ2n) is 3.17. The van der Waals surface area contributed by atoms with Gasteiger partial charge in [0.2, 0.25) is 5.95 Å². The van der Waals surface area contributed by atoms with Gasteiger partial charge in [-0.3, -0.25) is 4.98 Å². The molecule has 5 heteroatoms. The monoisotopic (exact) mass is 201 g/mol. The molecular formula is C10H11N5. The molecule has 0 aliphatic carbocycles. The average Bonchev–Trinajstić information content (AvgIpc) is 2.24. The SMILES string of the molecule is Nc1ncc(Cc2ccncc2)c(N)n1. The van der Waals surface area contributed by atoms with Crippen LogP contribution in [0, 0.1) is 0 Å². The minimum Gasteiger partial charge on any atom is -0.383 e. The van der Waals surface area contributed by atoms with Crippen LogP contribution in [0.1, 0.15) is 11.1 Å². The number of hydrogen-bond acceptors (Lipinski definition) is 5. The van der Waals surface area contributed by atoms with E-state index in [0.29, 0.717) is 12.2 Å². The Bertz CT molecular complexity index is 455. The lowest BCUT2D eigenvalue weighted by atomic mass is 10.1. The summed E-state index contributed by atoms with van der Waals surface area (Å²) in [6.45, 7) is 0. The van der Waals surface area contributed by atoms with E-state index in [1.165, 1.54) is 0 Å². The van der Waals surface area contributed by atoms with Crippen molar-refractivity contribution in [3.63, 3.8) is 0 Å². The second kappa shape index (κ2) is 3.91. The number of pyridine rings is 1. The molecule has 0 bridgehead atoms. The van der Waals surface area contributed by atoms with E-state index < -0.39 is 0 Å². The summed E-state index contributed by atoms with van der Waals surface area (Å²) in [6.07, 6.45) is 5.82. The summed E-state index contributed by atoms with van der Waals surface area (Å²) >= 11 is 0. The molecule has 15 heavy (non-hydrogen) atoms. The summed E-state index contributed by atoms with van der Waals surface area (Å²) in [5.41, 5.74) is 13.1. The third kappa shape index (κ3) is 2.19. The van der Waals surface area contributed by atoms with Gasteiger partial charge in [0, 0.05) is 30.6 Å². The first-order chi connectivity index (χ1) is 7.25. The molecule has 2 heterocycles. The van der Waals surface area contributed by atoms with Gasteiger partial charge in [0.1, 0.15) is 5.82 Å². The van der Waals surface area contributed by atoms with Gasteiger partial charge in [-0.15, -0.1) is 0 Å². The lowest BCUT2D eigenvalue weighted by molar-refractivity contribution is 1.08. The van der Waals surface area contributed by atoms with Crippen molar-refractivity contribution in [3.8, 4) is 0 Å². The van der Waals surface area contributed by atoms with Crippen molar-refractivity contribution in [1.29, 1.82) is 0 Å². The highest BCUT2D eigenvalue weighted by Gasteiger charge is 2.03. The minimum absolute atomic E-state index is 0.200. The van der Waals surface area contributed by atoms with Crippen LogP contribution in [-0.2, 0) is 6.42 Å². The highest BCUT2D eigenvalue weighted by molar-refractivity contribution is 5.43. The van der Waals surface area contributed by atoms with E-state index >= 15 is 0 Å². The van der Waals surface area contributed by atoms with Crippen LogP contribution in [0.5, 0.6) is 0 Å². The molecular weight excluding hydrogens is 190 g/mol. The van der Waals surface area contributed by atoms with E-state index in [4.69, 9.17) is 11.5 Å². The van der Waals surface area contributed by atoms with Gasteiger partial charge >= 0.3 is 0 Å². The van der Waals surface area contributed by atoms with Crippen LogP contribution in [0.25, 0.3) is 0 Å². The Morgan fingerprint density at radius 3 is 2.53 bits per heavy atom. The van der Waals surface area contributed by atoms with Gasteiger partial charge in [-0.05, 0) is 17.7 Å². The number of nitrogens with two attached hydrogens (primary N) is 2. The van der Waals surface area contributed by atoms with Crippen molar-refractivity contribution in [2.45, 2.75) is 6.42 Å². The van der Waals surface area contributed by atoms with Gasteiger partial charge in [-0.25, -0.2) is 4.98 Å². The molecule has 0 unspecified atom stereocenters. The molecule has 0 fully saturated rings. The van der Waals surface area contributed by atoms with Crippen LogP contribution < -0.4 is 11.5 Å². The lowest BCUT2D eigenvalue weighted by Gasteiger charge is -2.04. The van der Waals surface area contributed by atoms with Crippen LogP contribution in [0.15, 0.2) is 30.7 Å². The molecule has 0 radical (unpaired) electrons. The number of rotatable bonds is 2. The zero-order chi connectivity index (χ0) is 10.7. The van der Waals surface area contributed by atoms with Gasteiger partial charge in [0.25, 0.3) is 0 Å². The molecule has 4 N–H and O–H groups in total. The minimum atomic E-state index is 0.200. The Hall–Kier alpha value is -2.17. The van der Waals surface area contributed by atoms with Crippen molar-refractivity contribution in [1.82, 2.24) is 15.0 Å². The maximum absolute atomic E-state index is 5.72. The van der Waals surface area contributed by atoms with Gasteiger partial charge in [-0.1, -0.05) is 0 Å². The Morgan fingerprint density at radius 2 is 1.87 bits per heavy atom. The van der Waals surface area contributed by atoms with E-state index in [0.717, 1.165) is 11.1 Å². The van der Waals surface area contributed by atoms with Crippen LogP contribution in [0.2, 0.25) is 0 Å². The van der Waals surface area contributed by atoms with Crippen LogP contribution >= 0.6 is 0 Å². The zero-order valence-corrected chi connectivity index (χ0v) is 8.09. The van der Waals surface area contributed by atoms with Crippen LogP contribution in [0.3, 0.4) is 0 Å². The molecule has 0 aromatic carbocycles. The summed E-state index contributed by atoms with van der Waals surface area (Å²) < 4.78 is 0. The lowest BCUT2D eigenvalue weighted by Crippen LogP contribution is -2.03. The molecule has 2 aromatic rings. The van der Waals surface area contributed by atoms with Crippen molar-refractivity contribution in [2.75, 3.05) is 11.5 Å². The van der Waals surface area contributed by atoms with Crippen molar-refractivity contribution in [2.24, 2.45) is 0 Å². The molecule has 2 rings (SSSR count). The number of anilines is 2.